The van der Waals surface area contributed by atoms with Gasteiger partial charge in [0.2, 0.25) is 17.6 Å². The van der Waals surface area contributed by atoms with Gasteiger partial charge in [0.15, 0.2) is 0 Å². The van der Waals surface area contributed by atoms with Crippen LogP contribution in [0.4, 0.5) is 4.79 Å². The summed E-state index contributed by atoms with van der Waals surface area (Å²) < 4.78 is 17.3. The normalized spacial score (nSPS) is 27.1. The Bertz CT molecular complexity index is 1260. The molecule has 5 N–H and O–H groups in total. The molecule has 0 aromatic carbocycles. The summed E-state index contributed by atoms with van der Waals surface area (Å²) in [6, 6.07) is -3.70. The predicted octanol–water partition coefficient (Wildman–Crippen LogP) is 1.63. The molecule has 2 aliphatic carbocycles. The van der Waals surface area contributed by atoms with Crippen LogP contribution in [0.5, 0.6) is 0 Å². The number of nitrogens with zero attached hydrogens (tertiary/aromatic N) is 2. The summed E-state index contributed by atoms with van der Waals surface area (Å²) in [6.07, 6.45) is 4.56. The molecule has 2 saturated heterocycles. The third kappa shape index (κ3) is 8.91. The lowest BCUT2D eigenvalue weighted by Crippen LogP contribution is -2.63. The van der Waals surface area contributed by atoms with Crippen molar-refractivity contribution in [3.63, 3.8) is 0 Å². The molecule has 0 aromatic rings. The molecule has 48 heavy (non-hydrogen) atoms. The quantitative estimate of drug-likeness (QED) is 0.110. The molecule has 2 heterocycles. The highest BCUT2D eigenvalue weighted by Crippen LogP contribution is 2.65. The molecule has 5 amide bonds. The molecule has 13 nitrogen and oxygen atoms in total. The molecule has 0 aromatic heterocycles. The number of amides is 5. The Hall–Kier alpha value is -2.68. The van der Waals surface area contributed by atoms with Crippen LogP contribution in [0, 0.1) is 34.0 Å². The second kappa shape index (κ2) is 14.7. The molecule has 2 aliphatic heterocycles. The fourth-order valence-corrected chi connectivity index (χ4v) is 8.11. The van der Waals surface area contributed by atoms with Gasteiger partial charge in [-0.3, -0.25) is 19.2 Å². The molecule has 270 valence electrons. The highest BCUT2D eigenvalue weighted by atomic mass is 32.2. The number of likely N-dealkylation sites (tertiary alicyclic amines) is 1. The van der Waals surface area contributed by atoms with Crippen molar-refractivity contribution in [1.29, 1.82) is 0 Å². The molecule has 7 atom stereocenters. The molecule has 4 fully saturated rings. The Morgan fingerprint density at radius 3 is 2.27 bits per heavy atom. The Kier molecular flexibility index (Phi) is 11.6. The summed E-state index contributed by atoms with van der Waals surface area (Å²) in [4.78, 5) is 69.3. The number of ketones is 1. The average Bonchev–Trinajstić information content (AvgIpc) is 3.84. The third-order valence-corrected chi connectivity index (χ3v) is 11.7. The topological polar surface area (TPSA) is 175 Å². The monoisotopic (exact) mass is 691 g/mol. The summed E-state index contributed by atoms with van der Waals surface area (Å²) in [5.41, 5.74) is -1.26. The van der Waals surface area contributed by atoms with Crippen LogP contribution < -0.4 is 26.0 Å². The van der Waals surface area contributed by atoms with Gasteiger partial charge in [-0.25, -0.2) is 4.79 Å². The number of hydrogen-bond donors (Lipinski definition) is 5. The maximum atomic E-state index is 14.4. The first kappa shape index (κ1) is 38.1. The van der Waals surface area contributed by atoms with Crippen LogP contribution in [0.3, 0.4) is 0 Å². The summed E-state index contributed by atoms with van der Waals surface area (Å²) in [7, 11) is 0. The van der Waals surface area contributed by atoms with Crippen LogP contribution >= 0.6 is 0 Å². The number of hydrogen-bond acceptors (Lipinski definition) is 8. The maximum Gasteiger partial charge on any atom is 0.315 e. The van der Waals surface area contributed by atoms with E-state index in [0.717, 1.165) is 19.3 Å². The first-order chi connectivity index (χ1) is 22.3. The van der Waals surface area contributed by atoms with Gasteiger partial charge in [-0.1, -0.05) is 74.3 Å². The van der Waals surface area contributed by atoms with E-state index in [1.807, 2.05) is 41.5 Å². The third-order valence-electron chi connectivity index (χ3n) is 10.5. The van der Waals surface area contributed by atoms with Gasteiger partial charge in [0, 0.05) is 26.2 Å². The Labute approximate surface area is 289 Å². The zero-order valence-corrected chi connectivity index (χ0v) is 30.8. The summed E-state index contributed by atoms with van der Waals surface area (Å²) in [5.74, 6) is -2.08. The molecular weight excluding hydrogens is 634 g/mol. The number of carbonyl (C=O) groups excluding carboxylic acids is 5. The minimum absolute atomic E-state index is 0.0874. The van der Waals surface area contributed by atoms with Crippen molar-refractivity contribution in [3.8, 4) is 0 Å². The molecule has 0 spiro atoms. The van der Waals surface area contributed by atoms with Crippen LogP contribution in [0.1, 0.15) is 81.1 Å². The smallest absolute Gasteiger partial charge is 0.315 e. The first-order valence-electron chi connectivity index (χ1n) is 17.3. The van der Waals surface area contributed by atoms with Crippen LogP contribution in [-0.2, 0) is 30.7 Å². The van der Waals surface area contributed by atoms with Gasteiger partial charge in [-0.2, -0.15) is 0 Å². The number of urea groups is 1. The lowest BCUT2D eigenvalue weighted by atomic mass is 9.85. The average molecular weight is 692 g/mol. The van der Waals surface area contributed by atoms with E-state index in [0.29, 0.717) is 32.6 Å². The van der Waals surface area contributed by atoms with Gasteiger partial charge in [-0.05, 0) is 46.8 Å². The van der Waals surface area contributed by atoms with Crippen molar-refractivity contribution in [2.75, 3.05) is 32.7 Å². The van der Waals surface area contributed by atoms with E-state index in [1.165, 1.54) is 6.08 Å². The van der Waals surface area contributed by atoms with E-state index in [2.05, 4.69) is 46.4 Å². The molecule has 14 heteroatoms. The maximum absolute atomic E-state index is 14.4. The van der Waals surface area contributed by atoms with Gasteiger partial charge in [0.05, 0.1) is 18.6 Å². The molecule has 4 aliphatic rings. The van der Waals surface area contributed by atoms with Crippen molar-refractivity contribution in [2.45, 2.75) is 105 Å². The zero-order chi connectivity index (χ0) is 35.8. The van der Waals surface area contributed by atoms with Crippen LogP contribution in [-0.4, -0.2) is 100 Å². The van der Waals surface area contributed by atoms with Gasteiger partial charge < -0.3 is 30.7 Å². The number of Topliss-reactive ketones (excluding diaryl/α,β-unsaturated/α-hetero) is 1. The Morgan fingerprint density at radius 2 is 1.71 bits per heavy atom. The summed E-state index contributed by atoms with van der Waals surface area (Å²) in [5, 5.41) is 11.3. The second-order valence-electron chi connectivity index (χ2n) is 16.7. The van der Waals surface area contributed by atoms with E-state index >= 15 is 0 Å². The minimum Gasteiger partial charge on any atom is -0.579 e. The largest absolute Gasteiger partial charge is 0.579 e. The summed E-state index contributed by atoms with van der Waals surface area (Å²) in [6.45, 7) is 21.5. The van der Waals surface area contributed by atoms with Crippen LogP contribution in [0.15, 0.2) is 12.7 Å². The van der Waals surface area contributed by atoms with Crippen molar-refractivity contribution in [3.05, 3.63) is 12.7 Å². The fourth-order valence-electron chi connectivity index (χ4n) is 7.03. The molecule has 0 bridgehead atoms. The second-order valence-corrected chi connectivity index (χ2v) is 18.0. The van der Waals surface area contributed by atoms with Crippen molar-refractivity contribution < 1.29 is 28.5 Å². The predicted molar refractivity (Wildman–Crippen MR) is 184 cm³/mol. The Morgan fingerprint density at radius 1 is 1.04 bits per heavy atom. The number of fused-ring (bicyclic) bond motifs is 1. The summed E-state index contributed by atoms with van der Waals surface area (Å²) >= 11 is -1.34. The van der Waals surface area contributed by atoms with E-state index < -0.39 is 58.7 Å². The number of nitrogens with one attached hydrogen (secondary N) is 5. The lowest BCUT2D eigenvalue weighted by molar-refractivity contribution is -0.145. The molecule has 2 saturated carbocycles. The van der Waals surface area contributed by atoms with Crippen molar-refractivity contribution in [1.82, 2.24) is 35.2 Å². The minimum atomic E-state index is -1.34. The van der Waals surface area contributed by atoms with Gasteiger partial charge in [-0.15, -0.1) is 15.6 Å². The zero-order valence-electron chi connectivity index (χ0n) is 29.9. The fraction of sp³-hybridized carbons (Fsp3) is 0.794. The number of piperidine rings is 1. The molecule has 2 unspecified atom stereocenters. The van der Waals surface area contributed by atoms with E-state index in [-0.39, 0.29) is 47.1 Å². The van der Waals surface area contributed by atoms with E-state index in [1.54, 1.807) is 9.21 Å². The van der Waals surface area contributed by atoms with Crippen molar-refractivity contribution >= 4 is 41.1 Å². The Balaban J connectivity index is 1.51. The van der Waals surface area contributed by atoms with Gasteiger partial charge in [0.25, 0.3) is 5.91 Å². The highest BCUT2D eigenvalue weighted by molar-refractivity contribution is 7.87. The molecule has 0 radical (unpaired) electrons. The number of rotatable bonds is 13. The van der Waals surface area contributed by atoms with Crippen molar-refractivity contribution in [2.24, 2.45) is 34.0 Å². The lowest BCUT2D eigenvalue weighted by Gasteiger charge is -2.39. The van der Waals surface area contributed by atoms with Crippen LogP contribution in [0.2, 0.25) is 0 Å². The molecule has 4 rings (SSSR count). The first-order valence-corrected chi connectivity index (χ1v) is 18.4. The highest BCUT2D eigenvalue weighted by Gasteiger charge is 2.70. The van der Waals surface area contributed by atoms with E-state index in [9.17, 15) is 28.5 Å². The number of carbonyl (C=O) groups is 5. The SMILES string of the molecule is C=CCNC(=O)C(=O)C(CC1CC1)NC(=O)[C@@H]1[C@@H]2[C@H](CN1C(=O)[C@@H](NC(=O)N[C@H](CN1CCCN[S+]1[O-])C(C)(C)C)C(C)(C)C)C2(C)C. The van der Waals surface area contributed by atoms with E-state index in [4.69, 9.17) is 0 Å². The van der Waals surface area contributed by atoms with Gasteiger partial charge >= 0.3 is 6.03 Å². The van der Waals surface area contributed by atoms with Gasteiger partial charge in [0.1, 0.15) is 23.6 Å². The standard InChI is InChI=1S/C34H57N7O6S/c1-10-14-35-29(44)26(42)22(17-20-12-13-20)37-28(43)25-24-21(34(24,8)9)18-41(25)30(45)27(33(5,6)7)39-31(46)38-23(32(2,3)4)19-40-16-11-15-36-48(40)47/h10,20-25,27,36H,1,11-19H2,2-9H3,(H,35,44)(H,37,43)(H2,38,39,46)/t21-,22?,23+,24-,25-,27+,48?/m0/s1. The molecular formula is C34H57N7O6S. The van der Waals surface area contributed by atoms with Crippen LogP contribution in [0.25, 0.3) is 0 Å².